The van der Waals surface area contributed by atoms with Crippen LogP contribution in [0.1, 0.15) is 25.3 Å². The molecule has 0 unspecified atom stereocenters. The van der Waals surface area contributed by atoms with Crippen molar-refractivity contribution >= 4 is 5.97 Å². The number of benzene rings is 1. The SMILES string of the molecule is CCCCOC(=O)COc1cc(OC)ccc1CNC. The van der Waals surface area contributed by atoms with Gasteiger partial charge in [0.25, 0.3) is 0 Å². The molecule has 0 aromatic heterocycles. The Bertz CT molecular complexity index is 420. The van der Waals surface area contributed by atoms with Crippen molar-refractivity contribution in [2.45, 2.75) is 26.3 Å². The highest BCUT2D eigenvalue weighted by atomic mass is 16.6. The third-order valence-electron chi connectivity index (χ3n) is 2.75. The molecule has 1 rings (SSSR count). The maximum atomic E-state index is 11.5. The van der Waals surface area contributed by atoms with Gasteiger partial charge in [-0.1, -0.05) is 19.4 Å². The van der Waals surface area contributed by atoms with Gasteiger partial charge in [-0.05, 0) is 19.5 Å². The fraction of sp³-hybridized carbons (Fsp3) is 0.533. The molecule has 5 heteroatoms. The first-order valence-electron chi connectivity index (χ1n) is 6.81. The predicted molar refractivity (Wildman–Crippen MR) is 77.1 cm³/mol. The van der Waals surface area contributed by atoms with Gasteiger partial charge in [0.05, 0.1) is 13.7 Å². The number of nitrogens with one attached hydrogen (secondary N) is 1. The lowest BCUT2D eigenvalue weighted by Gasteiger charge is -2.12. The first-order chi connectivity index (χ1) is 9.71. The fourth-order valence-corrected chi connectivity index (χ4v) is 1.64. The van der Waals surface area contributed by atoms with Crippen LogP contribution in [0.4, 0.5) is 0 Å². The van der Waals surface area contributed by atoms with Crippen LogP contribution in [-0.4, -0.2) is 33.3 Å². The minimum absolute atomic E-state index is 0.0897. The third kappa shape index (κ3) is 5.48. The molecular formula is C15H23NO4. The molecule has 5 nitrogen and oxygen atoms in total. The smallest absolute Gasteiger partial charge is 0.344 e. The summed E-state index contributed by atoms with van der Waals surface area (Å²) in [6.07, 6.45) is 1.87. The van der Waals surface area contributed by atoms with Gasteiger partial charge in [-0.25, -0.2) is 4.79 Å². The second-order valence-corrected chi connectivity index (χ2v) is 4.37. The van der Waals surface area contributed by atoms with Gasteiger partial charge in [0.2, 0.25) is 0 Å². The summed E-state index contributed by atoms with van der Waals surface area (Å²) in [6.45, 7) is 3.06. The van der Waals surface area contributed by atoms with Crippen LogP contribution in [0.25, 0.3) is 0 Å². The standard InChI is InChI=1S/C15H23NO4/c1-4-5-8-19-15(17)11-20-14-9-13(18-3)7-6-12(14)10-16-2/h6-7,9,16H,4-5,8,10-11H2,1-3H3. The Morgan fingerprint density at radius 2 is 2.15 bits per heavy atom. The molecule has 1 aromatic rings. The zero-order chi connectivity index (χ0) is 14.8. The van der Waals surface area contributed by atoms with Crippen LogP contribution < -0.4 is 14.8 Å². The summed E-state index contributed by atoms with van der Waals surface area (Å²) in [5.74, 6) is 0.974. The Labute approximate surface area is 120 Å². The highest BCUT2D eigenvalue weighted by Crippen LogP contribution is 2.24. The third-order valence-corrected chi connectivity index (χ3v) is 2.75. The van der Waals surface area contributed by atoms with Crippen molar-refractivity contribution < 1.29 is 19.0 Å². The van der Waals surface area contributed by atoms with E-state index in [-0.39, 0.29) is 12.6 Å². The van der Waals surface area contributed by atoms with Crippen molar-refractivity contribution in [2.75, 3.05) is 27.4 Å². The van der Waals surface area contributed by atoms with Crippen LogP contribution >= 0.6 is 0 Å². The van der Waals surface area contributed by atoms with E-state index in [1.165, 1.54) is 0 Å². The summed E-state index contributed by atoms with van der Waals surface area (Å²) < 4.78 is 15.7. The molecule has 0 saturated heterocycles. The maximum absolute atomic E-state index is 11.5. The molecule has 0 heterocycles. The molecular weight excluding hydrogens is 258 g/mol. The minimum Gasteiger partial charge on any atom is -0.497 e. The number of hydrogen-bond acceptors (Lipinski definition) is 5. The number of ether oxygens (including phenoxy) is 3. The Morgan fingerprint density at radius 3 is 2.80 bits per heavy atom. The van der Waals surface area contributed by atoms with Crippen LogP contribution in [0.15, 0.2) is 18.2 Å². The number of methoxy groups -OCH3 is 1. The predicted octanol–water partition coefficient (Wildman–Crippen LogP) is 2.14. The van der Waals surface area contributed by atoms with Gasteiger partial charge in [-0.2, -0.15) is 0 Å². The number of rotatable bonds is 9. The summed E-state index contributed by atoms with van der Waals surface area (Å²) in [5, 5.41) is 3.05. The lowest BCUT2D eigenvalue weighted by atomic mass is 10.2. The lowest BCUT2D eigenvalue weighted by molar-refractivity contribution is -0.146. The fourth-order valence-electron chi connectivity index (χ4n) is 1.64. The summed E-state index contributed by atoms with van der Waals surface area (Å²) >= 11 is 0. The Morgan fingerprint density at radius 1 is 1.35 bits per heavy atom. The average Bonchev–Trinajstić information content (AvgIpc) is 2.46. The lowest BCUT2D eigenvalue weighted by Crippen LogP contribution is -2.17. The van der Waals surface area contributed by atoms with Crippen LogP contribution in [0.2, 0.25) is 0 Å². The molecule has 0 aliphatic rings. The normalized spacial score (nSPS) is 10.2. The highest BCUT2D eigenvalue weighted by molar-refractivity contribution is 5.71. The molecule has 20 heavy (non-hydrogen) atoms. The summed E-state index contributed by atoms with van der Waals surface area (Å²) in [5.41, 5.74) is 0.967. The van der Waals surface area contributed by atoms with E-state index in [1.54, 1.807) is 13.2 Å². The van der Waals surface area contributed by atoms with E-state index >= 15 is 0 Å². The van der Waals surface area contributed by atoms with Crippen molar-refractivity contribution in [3.8, 4) is 11.5 Å². The molecule has 0 fully saturated rings. The van der Waals surface area contributed by atoms with Gasteiger partial charge in [0.1, 0.15) is 11.5 Å². The largest absolute Gasteiger partial charge is 0.497 e. The van der Waals surface area contributed by atoms with Crippen LogP contribution in [0, 0.1) is 0 Å². The van der Waals surface area contributed by atoms with E-state index < -0.39 is 0 Å². The molecule has 1 aromatic carbocycles. The average molecular weight is 281 g/mol. The van der Waals surface area contributed by atoms with Crippen LogP contribution in [0.5, 0.6) is 11.5 Å². The van der Waals surface area contributed by atoms with Gasteiger partial charge in [0.15, 0.2) is 6.61 Å². The number of hydrogen-bond donors (Lipinski definition) is 1. The molecule has 112 valence electrons. The van der Waals surface area contributed by atoms with E-state index in [1.807, 2.05) is 26.1 Å². The quantitative estimate of drug-likeness (QED) is 0.555. The number of unbranched alkanes of at least 4 members (excludes halogenated alkanes) is 1. The van der Waals surface area contributed by atoms with Gasteiger partial charge < -0.3 is 19.5 Å². The van der Waals surface area contributed by atoms with Crippen molar-refractivity contribution in [3.63, 3.8) is 0 Å². The molecule has 0 bridgehead atoms. The highest BCUT2D eigenvalue weighted by Gasteiger charge is 2.09. The zero-order valence-electron chi connectivity index (χ0n) is 12.4. The van der Waals surface area contributed by atoms with E-state index in [4.69, 9.17) is 14.2 Å². The van der Waals surface area contributed by atoms with E-state index in [2.05, 4.69) is 5.32 Å². The summed E-state index contributed by atoms with van der Waals surface area (Å²) in [4.78, 5) is 11.5. The number of carbonyl (C=O) groups is 1. The second kappa shape index (κ2) is 9.20. The molecule has 0 atom stereocenters. The van der Waals surface area contributed by atoms with Gasteiger partial charge in [0, 0.05) is 18.2 Å². The molecule has 0 aliphatic heterocycles. The van der Waals surface area contributed by atoms with Crippen molar-refractivity contribution in [3.05, 3.63) is 23.8 Å². The van der Waals surface area contributed by atoms with Gasteiger partial charge in [-0.3, -0.25) is 0 Å². The van der Waals surface area contributed by atoms with Crippen molar-refractivity contribution in [1.82, 2.24) is 5.32 Å². The van der Waals surface area contributed by atoms with Crippen molar-refractivity contribution in [1.29, 1.82) is 0 Å². The van der Waals surface area contributed by atoms with Crippen molar-refractivity contribution in [2.24, 2.45) is 0 Å². The van der Waals surface area contributed by atoms with Gasteiger partial charge >= 0.3 is 5.97 Å². The summed E-state index contributed by atoms with van der Waals surface area (Å²) in [6, 6.07) is 5.54. The van der Waals surface area contributed by atoms with E-state index in [0.717, 1.165) is 18.4 Å². The molecule has 0 saturated carbocycles. The van der Waals surface area contributed by atoms with Gasteiger partial charge in [-0.15, -0.1) is 0 Å². The zero-order valence-corrected chi connectivity index (χ0v) is 12.4. The Balaban J connectivity index is 2.58. The van der Waals surface area contributed by atoms with Crippen LogP contribution in [0.3, 0.4) is 0 Å². The second-order valence-electron chi connectivity index (χ2n) is 4.37. The Hall–Kier alpha value is -1.75. The Kier molecular flexibility index (Phi) is 7.50. The molecule has 1 N–H and O–H groups in total. The minimum atomic E-state index is -0.350. The first-order valence-corrected chi connectivity index (χ1v) is 6.81. The number of carbonyl (C=O) groups excluding carboxylic acids is 1. The van der Waals surface area contributed by atoms with E-state index in [9.17, 15) is 4.79 Å². The topological polar surface area (TPSA) is 56.8 Å². The molecule has 0 spiro atoms. The monoisotopic (exact) mass is 281 g/mol. The number of esters is 1. The van der Waals surface area contributed by atoms with Crippen LogP contribution in [-0.2, 0) is 16.1 Å². The molecule has 0 amide bonds. The maximum Gasteiger partial charge on any atom is 0.344 e. The first kappa shape index (κ1) is 16.3. The molecule has 0 aliphatic carbocycles. The molecule has 0 radical (unpaired) electrons. The summed E-state index contributed by atoms with van der Waals surface area (Å²) in [7, 11) is 3.45. The van der Waals surface area contributed by atoms with E-state index in [0.29, 0.717) is 24.7 Å².